The fraction of sp³-hybridized carbons (Fsp3) is 0.333. The highest BCUT2D eigenvalue weighted by Crippen LogP contribution is 2.27. The molecule has 0 unspecified atom stereocenters. The SMILES string of the molecule is CCN1CCN(c2nc(Nc3ccc(C)cc3C)cc(-c3ccccc3)n2)CC1. The number of benzene rings is 2. The smallest absolute Gasteiger partial charge is 0.227 e. The van der Waals surface area contributed by atoms with Crippen molar-refractivity contribution >= 4 is 17.5 Å². The summed E-state index contributed by atoms with van der Waals surface area (Å²) < 4.78 is 0. The molecule has 2 heterocycles. The van der Waals surface area contributed by atoms with E-state index >= 15 is 0 Å². The van der Waals surface area contributed by atoms with Crippen molar-refractivity contribution in [3.63, 3.8) is 0 Å². The predicted octanol–water partition coefficient (Wildman–Crippen LogP) is 4.65. The molecule has 1 aromatic heterocycles. The summed E-state index contributed by atoms with van der Waals surface area (Å²) in [5, 5.41) is 3.52. The molecule has 1 saturated heterocycles. The normalized spacial score (nSPS) is 14.8. The highest BCUT2D eigenvalue weighted by atomic mass is 15.3. The van der Waals surface area contributed by atoms with Crippen LogP contribution in [0.3, 0.4) is 0 Å². The van der Waals surface area contributed by atoms with Crippen LogP contribution in [0.25, 0.3) is 11.3 Å². The molecule has 2 aromatic carbocycles. The van der Waals surface area contributed by atoms with Crippen LogP contribution in [0.1, 0.15) is 18.1 Å². The number of rotatable bonds is 5. The number of aryl methyl sites for hydroxylation is 2. The van der Waals surface area contributed by atoms with E-state index in [9.17, 15) is 0 Å². The lowest BCUT2D eigenvalue weighted by molar-refractivity contribution is 0.270. The minimum Gasteiger partial charge on any atom is -0.340 e. The molecule has 3 aromatic rings. The average molecular weight is 388 g/mol. The monoisotopic (exact) mass is 387 g/mol. The van der Waals surface area contributed by atoms with Gasteiger partial charge in [0.15, 0.2) is 0 Å². The standard InChI is InChI=1S/C24H29N5/c1-4-28-12-14-29(15-13-28)24-26-22(20-8-6-5-7-9-20)17-23(27-24)25-21-11-10-18(2)16-19(21)3/h5-11,16-17H,4,12-15H2,1-3H3,(H,25,26,27). The molecule has 1 N–H and O–H groups in total. The Morgan fingerprint density at radius 3 is 2.34 bits per heavy atom. The summed E-state index contributed by atoms with van der Waals surface area (Å²) in [6.45, 7) is 11.6. The summed E-state index contributed by atoms with van der Waals surface area (Å²) in [5.41, 5.74) is 5.60. The van der Waals surface area contributed by atoms with Crippen molar-refractivity contribution in [1.29, 1.82) is 0 Å². The maximum atomic E-state index is 4.91. The van der Waals surface area contributed by atoms with Gasteiger partial charge in [-0.05, 0) is 32.0 Å². The van der Waals surface area contributed by atoms with E-state index in [1.54, 1.807) is 0 Å². The Kier molecular flexibility index (Phi) is 5.76. The van der Waals surface area contributed by atoms with Crippen molar-refractivity contribution in [2.75, 3.05) is 42.9 Å². The van der Waals surface area contributed by atoms with Gasteiger partial charge in [0.1, 0.15) is 5.82 Å². The summed E-state index contributed by atoms with van der Waals surface area (Å²) >= 11 is 0. The Morgan fingerprint density at radius 1 is 0.897 bits per heavy atom. The number of aromatic nitrogens is 2. The van der Waals surface area contributed by atoms with Crippen LogP contribution in [0.5, 0.6) is 0 Å². The van der Waals surface area contributed by atoms with Gasteiger partial charge in [-0.15, -0.1) is 0 Å². The van der Waals surface area contributed by atoms with E-state index in [4.69, 9.17) is 9.97 Å². The van der Waals surface area contributed by atoms with Gasteiger partial charge in [0.2, 0.25) is 5.95 Å². The maximum absolute atomic E-state index is 4.91. The quantitative estimate of drug-likeness (QED) is 0.691. The number of likely N-dealkylation sites (N-methyl/N-ethyl adjacent to an activating group) is 1. The van der Waals surface area contributed by atoms with Crippen molar-refractivity contribution in [2.45, 2.75) is 20.8 Å². The fourth-order valence-corrected chi connectivity index (χ4v) is 3.75. The van der Waals surface area contributed by atoms with Crippen molar-refractivity contribution in [3.8, 4) is 11.3 Å². The lowest BCUT2D eigenvalue weighted by Crippen LogP contribution is -2.46. The van der Waals surface area contributed by atoms with Gasteiger partial charge in [0.25, 0.3) is 0 Å². The molecule has 0 amide bonds. The number of anilines is 3. The second-order valence-electron chi connectivity index (χ2n) is 7.67. The molecule has 1 fully saturated rings. The van der Waals surface area contributed by atoms with E-state index in [-0.39, 0.29) is 0 Å². The van der Waals surface area contributed by atoms with Crippen molar-refractivity contribution in [1.82, 2.24) is 14.9 Å². The lowest BCUT2D eigenvalue weighted by Gasteiger charge is -2.34. The highest BCUT2D eigenvalue weighted by Gasteiger charge is 2.19. The Labute approximate surface area is 173 Å². The van der Waals surface area contributed by atoms with E-state index in [0.29, 0.717) is 0 Å². The van der Waals surface area contributed by atoms with Crippen LogP contribution < -0.4 is 10.2 Å². The molecule has 29 heavy (non-hydrogen) atoms. The molecule has 0 saturated carbocycles. The molecular formula is C24H29N5. The minimum atomic E-state index is 0.800. The first kappa shape index (κ1) is 19.4. The van der Waals surface area contributed by atoms with Crippen LogP contribution in [-0.2, 0) is 0 Å². The van der Waals surface area contributed by atoms with Crippen LogP contribution in [0.4, 0.5) is 17.5 Å². The minimum absolute atomic E-state index is 0.800. The Balaban J connectivity index is 1.68. The first-order valence-corrected chi connectivity index (χ1v) is 10.4. The third-order valence-electron chi connectivity index (χ3n) is 5.53. The largest absolute Gasteiger partial charge is 0.340 e. The van der Waals surface area contributed by atoms with E-state index < -0.39 is 0 Å². The summed E-state index contributed by atoms with van der Waals surface area (Å²) in [6, 6.07) is 18.8. The second kappa shape index (κ2) is 8.62. The molecule has 0 spiro atoms. The van der Waals surface area contributed by atoms with E-state index in [0.717, 1.165) is 61.4 Å². The predicted molar refractivity (Wildman–Crippen MR) is 121 cm³/mol. The molecule has 0 aliphatic carbocycles. The van der Waals surface area contributed by atoms with Crippen LogP contribution >= 0.6 is 0 Å². The molecule has 1 aliphatic rings. The highest BCUT2D eigenvalue weighted by molar-refractivity contribution is 5.68. The average Bonchev–Trinajstić information content (AvgIpc) is 2.76. The number of hydrogen-bond donors (Lipinski definition) is 1. The number of nitrogens with zero attached hydrogens (tertiary/aromatic N) is 4. The molecule has 0 atom stereocenters. The van der Waals surface area contributed by atoms with Crippen molar-refractivity contribution in [3.05, 3.63) is 65.7 Å². The molecule has 5 heteroatoms. The summed E-state index contributed by atoms with van der Waals surface area (Å²) in [5.74, 6) is 1.63. The Bertz CT molecular complexity index is 962. The molecule has 5 nitrogen and oxygen atoms in total. The number of piperazine rings is 1. The second-order valence-corrected chi connectivity index (χ2v) is 7.67. The van der Waals surface area contributed by atoms with Crippen molar-refractivity contribution in [2.24, 2.45) is 0 Å². The van der Waals surface area contributed by atoms with Gasteiger partial charge in [-0.1, -0.05) is 55.0 Å². The zero-order valence-electron chi connectivity index (χ0n) is 17.5. The topological polar surface area (TPSA) is 44.3 Å². The summed E-state index contributed by atoms with van der Waals surface area (Å²) in [7, 11) is 0. The number of nitrogens with one attached hydrogen (secondary N) is 1. The van der Waals surface area contributed by atoms with E-state index in [1.165, 1.54) is 11.1 Å². The molecular weight excluding hydrogens is 358 g/mol. The summed E-state index contributed by atoms with van der Waals surface area (Å²) in [6.07, 6.45) is 0. The van der Waals surface area contributed by atoms with Gasteiger partial charge in [0.05, 0.1) is 5.69 Å². The van der Waals surface area contributed by atoms with Gasteiger partial charge in [-0.25, -0.2) is 4.98 Å². The van der Waals surface area contributed by atoms with Crippen LogP contribution in [0.2, 0.25) is 0 Å². The molecule has 150 valence electrons. The Morgan fingerprint density at radius 2 is 1.66 bits per heavy atom. The van der Waals surface area contributed by atoms with Crippen LogP contribution in [0.15, 0.2) is 54.6 Å². The van der Waals surface area contributed by atoms with Crippen LogP contribution in [-0.4, -0.2) is 47.6 Å². The third-order valence-corrected chi connectivity index (χ3v) is 5.53. The summed E-state index contributed by atoms with van der Waals surface area (Å²) in [4.78, 5) is 14.6. The zero-order valence-corrected chi connectivity index (χ0v) is 17.5. The van der Waals surface area contributed by atoms with E-state index in [1.807, 2.05) is 24.3 Å². The van der Waals surface area contributed by atoms with Gasteiger partial charge < -0.3 is 15.1 Å². The van der Waals surface area contributed by atoms with Gasteiger partial charge >= 0.3 is 0 Å². The van der Waals surface area contributed by atoms with Gasteiger partial charge in [-0.3, -0.25) is 0 Å². The van der Waals surface area contributed by atoms with Crippen LogP contribution in [0, 0.1) is 13.8 Å². The lowest BCUT2D eigenvalue weighted by atomic mass is 10.1. The molecule has 0 bridgehead atoms. The maximum Gasteiger partial charge on any atom is 0.227 e. The van der Waals surface area contributed by atoms with Gasteiger partial charge in [-0.2, -0.15) is 4.98 Å². The zero-order chi connectivity index (χ0) is 20.2. The fourth-order valence-electron chi connectivity index (χ4n) is 3.75. The van der Waals surface area contributed by atoms with Gasteiger partial charge in [0, 0.05) is 43.5 Å². The number of hydrogen-bond acceptors (Lipinski definition) is 5. The molecule has 1 aliphatic heterocycles. The van der Waals surface area contributed by atoms with E-state index in [2.05, 4.69) is 66.2 Å². The molecule has 0 radical (unpaired) electrons. The third kappa shape index (κ3) is 4.57. The molecule has 4 rings (SSSR count). The first-order valence-electron chi connectivity index (χ1n) is 10.4. The van der Waals surface area contributed by atoms with Crippen molar-refractivity contribution < 1.29 is 0 Å². The Hall–Kier alpha value is -2.92. The first-order chi connectivity index (χ1) is 14.1.